The molecule has 1 aromatic carbocycles. The lowest BCUT2D eigenvalue weighted by Gasteiger charge is -2.29. The van der Waals surface area contributed by atoms with Crippen molar-refractivity contribution in [2.45, 2.75) is 30.9 Å². The summed E-state index contributed by atoms with van der Waals surface area (Å²) in [4.78, 5) is 34.7. The van der Waals surface area contributed by atoms with Gasteiger partial charge in [0.05, 0.1) is 13.2 Å². The molecule has 0 aromatic heterocycles. The van der Waals surface area contributed by atoms with Crippen molar-refractivity contribution in [1.82, 2.24) is 10.2 Å². The van der Waals surface area contributed by atoms with Crippen LogP contribution in [0.2, 0.25) is 0 Å². The molecule has 1 amide bonds. The van der Waals surface area contributed by atoms with Gasteiger partial charge in [-0.25, -0.2) is 9.59 Å². The number of ether oxygens (including phenoxy) is 1. The number of piperazine rings is 1. The molecule has 3 saturated heterocycles. The van der Waals surface area contributed by atoms with Gasteiger partial charge in [0.2, 0.25) is 0 Å². The molecule has 35 heavy (non-hydrogen) atoms. The predicted molar refractivity (Wildman–Crippen MR) is 108 cm³/mol. The molecule has 4 rings (SSSR count). The summed E-state index contributed by atoms with van der Waals surface area (Å²) in [5, 5.41) is 17.7. The van der Waals surface area contributed by atoms with E-state index in [4.69, 9.17) is 24.5 Å². The number of fused-ring (bicyclic) bond motifs is 2. The molecule has 1 aromatic rings. The molecule has 9 nitrogen and oxygen atoms in total. The van der Waals surface area contributed by atoms with Gasteiger partial charge in [-0.1, -0.05) is 0 Å². The highest BCUT2D eigenvalue weighted by Crippen LogP contribution is 2.26. The number of alkyl halides is 6. The van der Waals surface area contributed by atoms with E-state index >= 15 is 0 Å². The fraction of sp³-hybridized carbons (Fsp3) is 0.550. The van der Waals surface area contributed by atoms with E-state index in [0.717, 1.165) is 51.4 Å². The Hall–Kier alpha value is -3.07. The van der Waals surface area contributed by atoms with E-state index in [9.17, 15) is 31.1 Å². The van der Waals surface area contributed by atoms with Gasteiger partial charge in [-0.15, -0.1) is 0 Å². The van der Waals surface area contributed by atoms with Gasteiger partial charge in [0.15, 0.2) is 0 Å². The van der Waals surface area contributed by atoms with Crippen LogP contribution < -0.4 is 10.2 Å². The molecule has 196 valence electrons. The monoisotopic (exact) mass is 515 g/mol. The summed E-state index contributed by atoms with van der Waals surface area (Å²) in [6.45, 7) is 5.22. The van der Waals surface area contributed by atoms with Crippen molar-refractivity contribution in [2.24, 2.45) is 0 Å². The largest absolute Gasteiger partial charge is 0.490 e. The molecule has 0 radical (unpaired) electrons. The van der Waals surface area contributed by atoms with Gasteiger partial charge in [-0.05, 0) is 30.7 Å². The quantitative estimate of drug-likeness (QED) is 0.512. The molecule has 0 unspecified atom stereocenters. The third-order valence-electron chi connectivity index (χ3n) is 5.29. The molecule has 3 heterocycles. The molecule has 0 saturated carbocycles. The van der Waals surface area contributed by atoms with Gasteiger partial charge >= 0.3 is 24.3 Å². The van der Waals surface area contributed by atoms with Gasteiger partial charge in [-0.3, -0.25) is 4.79 Å². The number of morpholine rings is 1. The zero-order valence-corrected chi connectivity index (χ0v) is 18.1. The lowest BCUT2D eigenvalue weighted by atomic mass is 10.1. The molecule has 2 atom stereocenters. The number of carboxylic acids is 2. The van der Waals surface area contributed by atoms with E-state index in [1.807, 2.05) is 17.0 Å². The summed E-state index contributed by atoms with van der Waals surface area (Å²) in [5.74, 6) is -5.34. The van der Waals surface area contributed by atoms with Crippen LogP contribution in [0, 0.1) is 0 Å². The number of amides is 1. The summed E-state index contributed by atoms with van der Waals surface area (Å²) >= 11 is 0. The maximum absolute atomic E-state index is 12.6. The standard InChI is InChI=1S/C16H21N3O2.2C2HF3O2/c20-16(19-11-13-9-15(19)10-17-13)12-1-3-14(4-2-12)18-5-7-21-8-6-18;2*3-2(4,5)1(6)7/h1-4,13,15,17H,5-11H2;2*(H,6,7)/t13-,15-;;/m0../s1. The zero-order valence-electron chi connectivity index (χ0n) is 18.1. The van der Waals surface area contributed by atoms with Crippen molar-refractivity contribution >= 4 is 23.5 Å². The first kappa shape index (κ1) is 28.2. The number of benzene rings is 1. The Kier molecular flexibility index (Phi) is 9.31. The number of carbonyl (C=O) groups excluding carboxylic acids is 1. The molecule has 0 aliphatic carbocycles. The van der Waals surface area contributed by atoms with Crippen LogP contribution in [-0.2, 0) is 14.3 Å². The number of anilines is 1. The third kappa shape index (κ3) is 8.28. The van der Waals surface area contributed by atoms with Crippen LogP contribution in [0.4, 0.5) is 32.0 Å². The van der Waals surface area contributed by atoms with Gasteiger partial charge in [-0.2, -0.15) is 26.3 Å². The molecule has 15 heteroatoms. The molecule has 3 aliphatic rings. The van der Waals surface area contributed by atoms with Crippen LogP contribution in [0.25, 0.3) is 0 Å². The highest BCUT2D eigenvalue weighted by Gasteiger charge is 2.40. The second-order valence-electron chi connectivity index (χ2n) is 7.70. The summed E-state index contributed by atoms with van der Waals surface area (Å²) in [6, 6.07) is 8.95. The molecule has 3 fully saturated rings. The van der Waals surface area contributed by atoms with Crippen molar-refractivity contribution in [3.63, 3.8) is 0 Å². The maximum Gasteiger partial charge on any atom is 0.490 e. The van der Waals surface area contributed by atoms with Gasteiger partial charge in [0.25, 0.3) is 5.91 Å². The SMILES string of the molecule is O=C(O)C(F)(F)F.O=C(O)C(F)(F)F.O=C(c1ccc(N2CCOCC2)cc1)N1C[C@@H]2C[C@H]1CN2. The first-order valence-corrected chi connectivity index (χ1v) is 10.3. The highest BCUT2D eigenvalue weighted by molar-refractivity contribution is 5.95. The average molecular weight is 515 g/mol. The van der Waals surface area contributed by atoms with Crippen LogP contribution >= 0.6 is 0 Å². The second-order valence-corrected chi connectivity index (χ2v) is 7.70. The van der Waals surface area contributed by atoms with E-state index in [0.29, 0.717) is 12.1 Å². The van der Waals surface area contributed by atoms with Gasteiger partial charge < -0.3 is 30.1 Å². The summed E-state index contributed by atoms with van der Waals surface area (Å²) in [7, 11) is 0. The fourth-order valence-corrected chi connectivity index (χ4v) is 3.61. The van der Waals surface area contributed by atoms with Crippen molar-refractivity contribution in [3.8, 4) is 0 Å². The summed E-state index contributed by atoms with van der Waals surface area (Å²) in [6.07, 6.45) is -9.06. The minimum absolute atomic E-state index is 0.178. The number of hydrogen-bond donors (Lipinski definition) is 3. The Labute approximate surface area is 195 Å². The van der Waals surface area contributed by atoms with Crippen LogP contribution in [0.1, 0.15) is 16.8 Å². The minimum Gasteiger partial charge on any atom is -0.475 e. The van der Waals surface area contributed by atoms with E-state index in [-0.39, 0.29) is 5.91 Å². The average Bonchev–Trinajstić information content (AvgIpc) is 3.43. The molecule has 3 N–H and O–H groups in total. The van der Waals surface area contributed by atoms with Crippen molar-refractivity contribution in [1.29, 1.82) is 0 Å². The Bertz CT molecular complexity index is 863. The van der Waals surface area contributed by atoms with Crippen LogP contribution in [-0.4, -0.2) is 96.8 Å². The summed E-state index contributed by atoms with van der Waals surface area (Å²) < 4.78 is 68.8. The highest BCUT2D eigenvalue weighted by atomic mass is 19.4. The predicted octanol–water partition coefficient (Wildman–Crippen LogP) is 1.98. The number of carboxylic acid groups (broad SMARTS) is 2. The zero-order chi connectivity index (χ0) is 26.4. The molecular weight excluding hydrogens is 492 g/mol. The third-order valence-corrected chi connectivity index (χ3v) is 5.29. The number of likely N-dealkylation sites (tertiary alicyclic amines) is 1. The Morgan fingerprint density at radius 1 is 0.914 bits per heavy atom. The first-order chi connectivity index (χ1) is 16.2. The van der Waals surface area contributed by atoms with Gasteiger partial charge in [0, 0.05) is 49.5 Å². The van der Waals surface area contributed by atoms with E-state index in [1.165, 1.54) is 5.69 Å². The van der Waals surface area contributed by atoms with Crippen LogP contribution in [0.5, 0.6) is 0 Å². The van der Waals surface area contributed by atoms with Crippen LogP contribution in [0.15, 0.2) is 24.3 Å². The van der Waals surface area contributed by atoms with Crippen molar-refractivity contribution in [2.75, 3.05) is 44.3 Å². The fourth-order valence-electron chi connectivity index (χ4n) is 3.61. The lowest BCUT2D eigenvalue weighted by Crippen LogP contribution is -2.46. The first-order valence-electron chi connectivity index (χ1n) is 10.3. The smallest absolute Gasteiger partial charge is 0.475 e. The number of carbonyl (C=O) groups is 3. The molecular formula is C20H23F6N3O6. The van der Waals surface area contributed by atoms with Crippen molar-refractivity contribution < 1.29 is 55.7 Å². The normalized spacial score (nSPS) is 21.4. The molecule has 3 aliphatic heterocycles. The summed E-state index contributed by atoms with van der Waals surface area (Å²) in [5.41, 5.74) is 1.99. The minimum atomic E-state index is -5.08. The van der Waals surface area contributed by atoms with Crippen molar-refractivity contribution in [3.05, 3.63) is 29.8 Å². The van der Waals surface area contributed by atoms with E-state index in [2.05, 4.69) is 22.3 Å². The van der Waals surface area contributed by atoms with Crippen LogP contribution in [0.3, 0.4) is 0 Å². The Morgan fingerprint density at radius 2 is 1.40 bits per heavy atom. The number of aliphatic carboxylic acids is 2. The number of nitrogens with one attached hydrogen (secondary N) is 1. The Morgan fingerprint density at radius 3 is 1.77 bits per heavy atom. The number of hydrogen-bond acceptors (Lipinski definition) is 6. The van der Waals surface area contributed by atoms with E-state index in [1.54, 1.807) is 0 Å². The molecule has 0 spiro atoms. The maximum atomic E-state index is 12.6. The number of rotatable bonds is 2. The van der Waals surface area contributed by atoms with E-state index < -0.39 is 24.3 Å². The number of halogens is 6. The Balaban J connectivity index is 0.000000257. The number of nitrogens with zero attached hydrogens (tertiary/aromatic N) is 2. The van der Waals surface area contributed by atoms with Gasteiger partial charge in [0.1, 0.15) is 0 Å². The topological polar surface area (TPSA) is 119 Å². The molecule has 2 bridgehead atoms. The second kappa shape index (κ2) is 11.6. The lowest BCUT2D eigenvalue weighted by molar-refractivity contribution is -0.193.